The van der Waals surface area contributed by atoms with E-state index in [-0.39, 0.29) is 6.61 Å². The Bertz CT molecular complexity index is 856. The van der Waals surface area contributed by atoms with Gasteiger partial charge in [-0.2, -0.15) is 4.57 Å². The number of aromatic nitrogens is 1. The molecule has 0 aliphatic carbocycles. The Labute approximate surface area is 160 Å². The van der Waals surface area contributed by atoms with Gasteiger partial charge in [0.2, 0.25) is 16.0 Å². The average Bonchev–Trinajstić information content (AvgIpc) is 2.96. The van der Waals surface area contributed by atoms with Gasteiger partial charge >= 0.3 is 5.89 Å². The highest BCUT2D eigenvalue weighted by molar-refractivity contribution is 7.80. The molecular weight excluding hydrogens is 374 g/mol. The maximum atomic E-state index is 9.45. The second-order valence-electron chi connectivity index (χ2n) is 5.23. The predicted octanol–water partition coefficient (Wildman–Crippen LogP) is 3.02. The van der Waals surface area contributed by atoms with Crippen LogP contribution in [0.5, 0.6) is 5.75 Å². The Morgan fingerprint density at radius 2 is 1.93 bits per heavy atom. The zero-order chi connectivity index (χ0) is 20.4. The highest BCUT2D eigenvalue weighted by atomic mass is 32.3. The number of hydrogen-bond donors (Lipinski definition) is 0. The fraction of sp³-hybridized carbons (Fsp3) is 0.500. The quantitative estimate of drug-likeness (QED) is 0.290. The monoisotopic (exact) mass is 401 g/mol. The van der Waals surface area contributed by atoms with E-state index in [2.05, 4.69) is 22.6 Å². The Morgan fingerprint density at radius 1 is 1.22 bits per heavy atom. The molecule has 0 spiro atoms. The van der Waals surface area contributed by atoms with Gasteiger partial charge in [-0.3, -0.25) is 4.18 Å². The maximum absolute atomic E-state index is 9.45. The standard InChI is InChI=1S/C16H22NO3.C2H6O4S/c1-5-12(19-7-3)11-16-17(6-2)14-10-13(18-4)8-9-15(14)20-16;1-2-6-7(3,4)5/h8-11H,5-7H2,1-4H3;2H2,1H3,(H,3,4,5)/q+1;/p-1/b12-11-;. The molecule has 2 aromatic rings. The number of hydrogen-bond acceptors (Lipinski definition) is 7. The second-order valence-corrected chi connectivity index (χ2v) is 6.28. The van der Waals surface area contributed by atoms with E-state index in [0.717, 1.165) is 41.5 Å². The van der Waals surface area contributed by atoms with Crippen LogP contribution < -0.4 is 9.30 Å². The number of nitrogens with zero attached hydrogens (tertiary/aromatic N) is 1. The summed E-state index contributed by atoms with van der Waals surface area (Å²) in [6.07, 6.45) is 2.82. The van der Waals surface area contributed by atoms with Crippen molar-refractivity contribution in [3.63, 3.8) is 0 Å². The first-order valence-electron chi connectivity index (χ1n) is 8.73. The molecule has 2 rings (SSSR count). The van der Waals surface area contributed by atoms with Gasteiger partial charge in [0.15, 0.2) is 0 Å². The summed E-state index contributed by atoms with van der Waals surface area (Å²) < 4.78 is 50.9. The van der Waals surface area contributed by atoms with Crippen LogP contribution in [0.25, 0.3) is 17.2 Å². The SMILES string of the molecule is CCO/C(=C\c1oc2ccc(OC)cc2[n+]1CC)CC.CCOS(=O)(=O)[O-]. The largest absolute Gasteiger partial charge is 0.726 e. The van der Waals surface area contributed by atoms with Crippen molar-refractivity contribution in [2.24, 2.45) is 0 Å². The van der Waals surface area contributed by atoms with Crippen LogP contribution in [0, 0.1) is 0 Å². The van der Waals surface area contributed by atoms with Crippen LogP contribution in [-0.2, 0) is 25.9 Å². The minimum Gasteiger partial charge on any atom is -0.726 e. The lowest BCUT2D eigenvalue weighted by Crippen LogP contribution is -2.33. The highest BCUT2D eigenvalue weighted by Gasteiger charge is 2.20. The summed E-state index contributed by atoms with van der Waals surface area (Å²) in [5.41, 5.74) is 1.89. The van der Waals surface area contributed by atoms with Crippen molar-refractivity contribution in [1.82, 2.24) is 0 Å². The Balaban J connectivity index is 0.000000445. The molecule has 0 amide bonds. The number of benzene rings is 1. The van der Waals surface area contributed by atoms with E-state index >= 15 is 0 Å². The van der Waals surface area contributed by atoms with Gasteiger partial charge in [0.25, 0.3) is 5.52 Å². The molecule has 0 aliphatic heterocycles. The molecule has 9 heteroatoms. The van der Waals surface area contributed by atoms with Gasteiger partial charge in [-0.25, -0.2) is 8.42 Å². The summed E-state index contributed by atoms with van der Waals surface area (Å²) in [5, 5.41) is 0. The summed E-state index contributed by atoms with van der Waals surface area (Å²) in [7, 11) is -2.75. The topological polar surface area (TPSA) is 102 Å². The number of oxazole rings is 1. The zero-order valence-electron chi connectivity index (χ0n) is 16.4. The molecule has 1 aromatic heterocycles. The van der Waals surface area contributed by atoms with Crippen LogP contribution >= 0.6 is 0 Å². The number of aryl methyl sites for hydroxylation is 1. The number of allylic oxidation sites excluding steroid dienone is 1. The fourth-order valence-corrected chi connectivity index (χ4v) is 2.64. The summed E-state index contributed by atoms with van der Waals surface area (Å²) in [6, 6.07) is 5.83. The summed E-state index contributed by atoms with van der Waals surface area (Å²) in [4.78, 5) is 0. The molecule has 0 aliphatic rings. The van der Waals surface area contributed by atoms with Crippen LogP contribution in [0.15, 0.2) is 28.4 Å². The third-order valence-electron chi connectivity index (χ3n) is 3.48. The Kier molecular flexibility index (Phi) is 9.27. The minimum atomic E-state index is -4.42. The maximum Gasteiger partial charge on any atom is 0.377 e. The number of fused-ring (bicyclic) bond motifs is 1. The van der Waals surface area contributed by atoms with E-state index < -0.39 is 10.4 Å². The van der Waals surface area contributed by atoms with Gasteiger partial charge in [-0.15, -0.1) is 0 Å². The van der Waals surface area contributed by atoms with E-state index in [4.69, 9.17) is 13.9 Å². The highest BCUT2D eigenvalue weighted by Crippen LogP contribution is 2.21. The zero-order valence-corrected chi connectivity index (χ0v) is 17.2. The second kappa shape index (κ2) is 10.9. The molecule has 1 aromatic carbocycles. The third kappa shape index (κ3) is 7.20. The average molecular weight is 401 g/mol. The summed E-state index contributed by atoms with van der Waals surface area (Å²) in [6.45, 7) is 8.98. The van der Waals surface area contributed by atoms with Crippen molar-refractivity contribution in [1.29, 1.82) is 0 Å². The Hall–Kier alpha value is -2.10. The Morgan fingerprint density at radius 3 is 2.37 bits per heavy atom. The van der Waals surface area contributed by atoms with E-state index in [1.54, 1.807) is 7.11 Å². The van der Waals surface area contributed by atoms with Crippen LogP contribution in [0.1, 0.15) is 40.0 Å². The minimum absolute atomic E-state index is 0.0914. The van der Waals surface area contributed by atoms with Gasteiger partial charge in [0.1, 0.15) is 18.1 Å². The molecule has 0 fully saturated rings. The molecule has 8 nitrogen and oxygen atoms in total. The molecule has 0 N–H and O–H groups in total. The van der Waals surface area contributed by atoms with Gasteiger partial charge in [-0.1, -0.05) is 6.92 Å². The van der Waals surface area contributed by atoms with E-state index in [9.17, 15) is 13.0 Å². The summed E-state index contributed by atoms with van der Waals surface area (Å²) >= 11 is 0. The van der Waals surface area contributed by atoms with Crippen molar-refractivity contribution < 1.29 is 35.6 Å². The van der Waals surface area contributed by atoms with Gasteiger partial charge in [0.05, 0.1) is 32.5 Å². The number of rotatable bonds is 8. The van der Waals surface area contributed by atoms with Crippen molar-refractivity contribution in [2.45, 2.75) is 40.7 Å². The summed E-state index contributed by atoms with van der Waals surface area (Å²) in [5.74, 6) is 2.57. The van der Waals surface area contributed by atoms with Crippen LogP contribution in [0.3, 0.4) is 0 Å². The normalized spacial score (nSPS) is 11.9. The molecule has 27 heavy (non-hydrogen) atoms. The molecule has 0 radical (unpaired) electrons. The predicted molar refractivity (Wildman–Crippen MR) is 99.9 cm³/mol. The molecule has 0 saturated carbocycles. The molecule has 152 valence electrons. The molecular formula is C18H27NO7S. The molecule has 0 atom stereocenters. The first-order chi connectivity index (χ1) is 12.8. The lowest BCUT2D eigenvalue weighted by atomic mass is 10.3. The van der Waals surface area contributed by atoms with Crippen LogP contribution in [0.2, 0.25) is 0 Å². The van der Waals surface area contributed by atoms with Crippen molar-refractivity contribution >= 4 is 27.6 Å². The van der Waals surface area contributed by atoms with Crippen molar-refractivity contribution in [3.05, 3.63) is 29.8 Å². The van der Waals surface area contributed by atoms with Gasteiger partial charge in [0, 0.05) is 6.42 Å². The lowest BCUT2D eigenvalue weighted by molar-refractivity contribution is -0.674. The fourth-order valence-electron chi connectivity index (χ4n) is 2.35. The van der Waals surface area contributed by atoms with E-state index in [0.29, 0.717) is 6.61 Å². The molecule has 1 heterocycles. The first kappa shape index (κ1) is 22.9. The van der Waals surface area contributed by atoms with Crippen molar-refractivity contribution in [2.75, 3.05) is 20.3 Å². The van der Waals surface area contributed by atoms with E-state index in [1.165, 1.54) is 6.92 Å². The number of methoxy groups -OCH3 is 1. The van der Waals surface area contributed by atoms with Crippen LogP contribution in [0.4, 0.5) is 0 Å². The van der Waals surface area contributed by atoms with Gasteiger partial charge in [-0.05, 0) is 32.9 Å². The van der Waals surface area contributed by atoms with Gasteiger partial charge < -0.3 is 18.4 Å². The lowest BCUT2D eigenvalue weighted by Gasteiger charge is -2.03. The van der Waals surface area contributed by atoms with Crippen molar-refractivity contribution in [3.8, 4) is 5.75 Å². The van der Waals surface area contributed by atoms with Crippen LogP contribution in [-0.4, -0.2) is 33.3 Å². The smallest absolute Gasteiger partial charge is 0.377 e. The molecule has 0 saturated heterocycles. The third-order valence-corrected chi connectivity index (χ3v) is 4.00. The molecule has 0 bridgehead atoms. The first-order valence-corrected chi connectivity index (χ1v) is 10.1. The van der Waals surface area contributed by atoms with E-state index in [1.807, 2.05) is 31.2 Å². The molecule has 0 unspecified atom stereocenters. The number of ether oxygens (including phenoxy) is 2.